The highest BCUT2D eigenvalue weighted by Gasteiger charge is 2.36. The number of carbonyl (C=O) groups excluding carboxylic acids is 1. The van der Waals surface area contributed by atoms with Crippen LogP contribution in [0.3, 0.4) is 0 Å². The molecular weight excluding hydrogens is 344 g/mol. The third kappa shape index (κ3) is 3.38. The molecule has 0 aromatic carbocycles. The Morgan fingerprint density at radius 3 is 2.95 bits per heavy atom. The standard InChI is InChI=1S/C13H17BrN2O3S/c1-9-3-2-6-13(7-9,8-14)15-12(17)10-4-5-11(20-10)16(18)19/h4-5,9H,2-3,6-8H2,1H3,(H,15,17). The van der Waals surface area contributed by atoms with E-state index in [2.05, 4.69) is 28.2 Å². The van der Waals surface area contributed by atoms with Crippen LogP contribution in [-0.2, 0) is 0 Å². The Bertz CT molecular complexity index is 519. The largest absolute Gasteiger partial charge is 0.345 e. The van der Waals surface area contributed by atoms with E-state index >= 15 is 0 Å². The SMILES string of the molecule is CC1CCCC(CBr)(NC(=O)c2ccc([N+](=O)[O-])s2)C1. The van der Waals surface area contributed by atoms with Gasteiger partial charge in [-0.15, -0.1) is 0 Å². The van der Waals surface area contributed by atoms with Crippen LogP contribution < -0.4 is 5.32 Å². The number of thiophene rings is 1. The molecule has 7 heteroatoms. The zero-order chi connectivity index (χ0) is 14.8. The summed E-state index contributed by atoms with van der Waals surface area (Å²) >= 11 is 4.43. The van der Waals surface area contributed by atoms with Crippen LogP contribution in [0.1, 0.15) is 42.3 Å². The van der Waals surface area contributed by atoms with Crippen LogP contribution in [0.5, 0.6) is 0 Å². The van der Waals surface area contributed by atoms with Crippen molar-refractivity contribution in [2.45, 2.75) is 38.1 Å². The van der Waals surface area contributed by atoms with Crippen LogP contribution in [0.15, 0.2) is 12.1 Å². The lowest BCUT2D eigenvalue weighted by Gasteiger charge is -2.39. The van der Waals surface area contributed by atoms with Gasteiger partial charge in [-0.3, -0.25) is 14.9 Å². The van der Waals surface area contributed by atoms with E-state index in [0.29, 0.717) is 16.1 Å². The van der Waals surface area contributed by atoms with E-state index in [1.807, 2.05) is 0 Å². The van der Waals surface area contributed by atoms with Crippen LogP contribution in [-0.4, -0.2) is 21.7 Å². The number of nitro groups is 1. The second kappa shape index (κ2) is 6.22. The molecule has 0 aliphatic heterocycles. The number of nitrogens with one attached hydrogen (secondary N) is 1. The second-order valence-corrected chi connectivity index (χ2v) is 7.09. The predicted octanol–water partition coefficient (Wildman–Crippen LogP) is 3.73. The molecule has 1 saturated carbocycles. The number of rotatable bonds is 4. The highest BCUT2D eigenvalue weighted by molar-refractivity contribution is 9.09. The van der Waals surface area contributed by atoms with Crippen LogP contribution in [0, 0.1) is 16.0 Å². The molecular formula is C13H17BrN2O3S. The molecule has 2 unspecified atom stereocenters. The minimum absolute atomic E-state index is 0.0000504. The van der Waals surface area contributed by atoms with E-state index in [1.54, 1.807) is 0 Å². The van der Waals surface area contributed by atoms with Crippen molar-refractivity contribution in [3.05, 3.63) is 27.1 Å². The minimum atomic E-state index is -0.468. The van der Waals surface area contributed by atoms with E-state index in [0.717, 1.165) is 30.6 Å². The molecule has 1 aromatic rings. The fourth-order valence-corrected chi connectivity index (χ4v) is 4.14. The van der Waals surface area contributed by atoms with Crippen molar-refractivity contribution in [1.82, 2.24) is 5.32 Å². The highest BCUT2D eigenvalue weighted by atomic mass is 79.9. The summed E-state index contributed by atoms with van der Waals surface area (Å²) in [4.78, 5) is 22.9. The summed E-state index contributed by atoms with van der Waals surface area (Å²) in [6.07, 6.45) is 4.17. The summed E-state index contributed by atoms with van der Waals surface area (Å²) in [6, 6.07) is 2.90. The van der Waals surface area contributed by atoms with E-state index in [1.165, 1.54) is 18.6 Å². The zero-order valence-electron chi connectivity index (χ0n) is 11.2. The van der Waals surface area contributed by atoms with Gasteiger partial charge in [-0.25, -0.2) is 0 Å². The Labute approximate surface area is 130 Å². The van der Waals surface area contributed by atoms with Gasteiger partial charge in [-0.1, -0.05) is 47.0 Å². The topological polar surface area (TPSA) is 72.2 Å². The molecule has 1 amide bonds. The number of amides is 1. The number of alkyl halides is 1. The molecule has 1 aliphatic rings. The summed E-state index contributed by atoms with van der Waals surface area (Å²) < 4.78 is 0. The lowest BCUT2D eigenvalue weighted by molar-refractivity contribution is -0.380. The maximum Gasteiger partial charge on any atom is 0.324 e. The molecule has 1 aromatic heterocycles. The van der Waals surface area contributed by atoms with Crippen molar-refractivity contribution in [1.29, 1.82) is 0 Å². The Balaban J connectivity index is 2.10. The smallest absolute Gasteiger partial charge is 0.324 e. The van der Waals surface area contributed by atoms with Crippen molar-refractivity contribution in [3.63, 3.8) is 0 Å². The van der Waals surface area contributed by atoms with Gasteiger partial charge in [0.25, 0.3) is 5.91 Å². The molecule has 2 atom stereocenters. The quantitative estimate of drug-likeness (QED) is 0.505. The first-order chi connectivity index (χ1) is 9.46. The van der Waals surface area contributed by atoms with Crippen molar-refractivity contribution in [3.8, 4) is 0 Å². The molecule has 1 fully saturated rings. The molecule has 20 heavy (non-hydrogen) atoms. The molecule has 2 rings (SSSR count). The van der Waals surface area contributed by atoms with Gasteiger partial charge < -0.3 is 5.32 Å². The van der Waals surface area contributed by atoms with Crippen molar-refractivity contribution >= 4 is 38.2 Å². The van der Waals surface area contributed by atoms with E-state index in [-0.39, 0.29) is 16.4 Å². The Morgan fingerprint density at radius 1 is 1.65 bits per heavy atom. The molecule has 110 valence electrons. The van der Waals surface area contributed by atoms with Gasteiger partial charge in [-0.2, -0.15) is 0 Å². The van der Waals surface area contributed by atoms with Crippen LogP contribution in [0.4, 0.5) is 5.00 Å². The first kappa shape index (κ1) is 15.4. The highest BCUT2D eigenvalue weighted by Crippen LogP contribution is 2.34. The number of hydrogen-bond acceptors (Lipinski definition) is 4. The fraction of sp³-hybridized carbons (Fsp3) is 0.615. The lowest BCUT2D eigenvalue weighted by atomic mass is 9.77. The average Bonchev–Trinajstić information content (AvgIpc) is 2.88. The van der Waals surface area contributed by atoms with Gasteiger partial charge in [-0.05, 0) is 24.8 Å². The third-order valence-corrected chi connectivity index (χ3v) is 5.83. The molecule has 0 bridgehead atoms. The fourth-order valence-electron chi connectivity index (χ4n) is 2.78. The number of halogens is 1. The van der Waals surface area contributed by atoms with E-state index in [9.17, 15) is 14.9 Å². The molecule has 1 aliphatic carbocycles. The maximum absolute atomic E-state index is 12.3. The summed E-state index contributed by atoms with van der Waals surface area (Å²) in [5.41, 5.74) is -0.229. The first-order valence-electron chi connectivity index (χ1n) is 6.58. The maximum atomic E-state index is 12.3. The number of carbonyl (C=O) groups is 1. The van der Waals surface area contributed by atoms with Gasteiger partial charge in [0.05, 0.1) is 15.3 Å². The lowest BCUT2D eigenvalue weighted by Crippen LogP contribution is -2.52. The summed E-state index contributed by atoms with van der Waals surface area (Å²) in [7, 11) is 0. The Morgan fingerprint density at radius 2 is 2.40 bits per heavy atom. The van der Waals surface area contributed by atoms with E-state index in [4.69, 9.17) is 0 Å². The van der Waals surface area contributed by atoms with Gasteiger partial charge >= 0.3 is 5.00 Å². The monoisotopic (exact) mass is 360 g/mol. The van der Waals surface area contributed by atoms with Gasteiger partial charge in [0, 0.05) is 11.4 Å². The van der Waals surface area contributed by atoms with Crippen LogP contribution in [0.25, 0.3) is 0 Å². The normalized spacial score (nSPS) is 26.2. The Hall–Kier alpha value is -0.950. The summed E-state index contributed by atoms with van der Waals surface area (Å²) in [6.45, 7) is 2.19. The molecule has 0 saturated heterocycles. The van der Waals surface area contributed by atoms with Crippen molar-refractivity contribution in [2.24, 2.45) is 5.92 Å². The molecule has 0 spiro atoms. The Kier molecular flexibility index (Phi) is 4.80. The predicted molar refractivity (Wildman–Crippen MR) is 82.6 cm³/mol. The molecule has 5 nitrogen and oxygen atoms in total. The summed E-state index contributed by atoms with van der Waals surface area (Å²) in [5.74, 6) is 0.371. The van der Waals surface area contributed by atoms with Crippen molar-refractivity contribution < 1.29 is 9.72 Å². The molecule has 0 radical (unpaired) electrons. The average molecular weight is 361 g/mol. The van der Waals surface area contributed by atoms with E-state index < -0.39 is 4.92 Å². The molecule has 1 heterocycles. The van der Waals surface area contributed by atoms with Crippen LogP contribution >= 0.6 is 27.3 Å². The first-order valence-corrected chi connectivity index (χ1v) is 8.52. The number of nitrogens with zero attached hydrogens (tertiary/aromatic N) is 1. The van der Waals surface area contributed by atoms with Gasteiger partial charge in [0.15, 0.2) is 0 Å². The molecule has 1 N–H and O–H groups in total. The van der Waals surface area contributed by atoms with Crippen LogP contribution in [0.2, 0.25) is 0 Å². The van der Waals surface area contributed by atoms with Gasteiger partial charge in [0.1, 0.15) is 0 Å². The number of hydrogen-bond donors (Lipinski definition) is 1. The second-order valence-electron chi connectivity index (χ2n) is 5.46. The summed E-state index contributed by atoms with van der Waals surface area (Å²) in [5, 5.41) is 14.5. The van der Waals surface area contributed by atoms with Gasteiger partial charge in [0.2, 0.25) is 0 Å². The van der Waals surface area contributed by atoms with Crippen molar-refractivity contribution in [2.75, 3.05) is 5.33 Å². The zero-order valence-corrected chi connectivity index (χ0v) is 13.6. The minimum Gasteiger partial charge on any atom is -0.345 e. The third-order valence-electron chi connectivity index (χ3n) is 3.72.